The molecule has 0 aliphatic carbocycles. The molecule has 0 amide bonds. The van der Waals surface area contributed by atoms with Crippen molar-refractivity contribution in [1.29, 1.82) is 0 Å². The van der Waals surface area contributed by atoms with Crippen LogP contribution in [-0.4, -0.2) is 23.8 Å². The molecule has 0 spiro atoms. The van der Waals surface area contributed by atoms with Crippen LogP contribution >= 0.6 is 0 Å². The van der Waals surface area contributed by atoms with Gasteiger partial charge in [0.1, 0.15) is 5.82 Å². The quantitative estimate of drug-likeness (QED) is 0.798. The van der Waals surface area contributed by atoms with Gasteiger partial charge in [-0.3, -0.25) is 0 Å². The summed E-state index contributed by atoms with van der Waals surface area (Å²) in [4.78, 5) is 0. The first kappa shape index (κ1) is 14.1. The Labute approximate surface area is 103 Å². The van der Waals surface area contributed by atoms with Gasteiger partial charge in [0.05, 0.1) is 6.61 Å². The minimum atomic E-state index is -0.391. The van der Waals surface area contributed by atoms with Gasteiger partial charge in [0.25, 0.3) is 0 Å². The maximum absolute atomic E-state index is 13.1. The summed E-state index contributed by atoms with van der Waals surface area (Å²) in [6.07, 6.45) is 0.619. The van der Waals surface area contributed by atoms with Crippen LogP contribution in [0.25, 0.3) is 0 Å². The largest absolute Gasteiger partial charge is 0.394 e. The highest BCUT2D eigenvalue weighted by atomic mass is 19.1. The van der Waals surface area contributed by atoms with Gasteiger partial charge in [-0.25, -0.2) is 4.39 Å². The third kappa shape index (κ3) is 4.84. The summed E-state index contributed by atoms with van der Waals surface area (Å²) in [6, 6.07) is 6.53. The Bertz CT molecular complexity index is 354. The molecule has 0 aliphatic heterocycles. The van der Waals surface area contributed by atoms with Gasteiger partial charge >= 0.3 is 0 Å². The van der Waals surface area contributed by atoms with E-state index >= 15 is 0 Å². The highest BCUT2D eigenvalue weighted by molar-refractivity contribution is 5.19. The van der Waals surface area contributed by atoms with Crippen molar-refractivity contribution in [3.05, 3.63) is 35.6 Å². The van der Waals surface area contributed by atoms with Crippen LogP contribution in [0.4, 0.5) is 4.39 Å². The van der Waals surface area contributed by atoms with E-state index in [1.165, 1.54) is 12.1 Å². The Kier molecular flexibility index (Phi) is 5.09. The zero-order valence-corrected chi connectivity index (χ0v) is 10.8. The average molecular weight is 239 g/mol. The Morgan fingerprint density at radius 1 is 1.41 bits per heavy atom. The molecule has 3 heteroatoms. The Morgan fingerprint density at radius 2 is 2.12 bits per heavy atom. The van der Waals surface area contributed by atoms with Gasteiger partial charge in [0.15, 0.2) is 0 Å². The summed E-state index contributed by atoms with van der Waals surface area (Å²) in [5, 5.41) is 12.8. The summed E-state index contributed by atoms with van der Waals surface area (Å²) in [7, 11) is 0. The second-order valence-corrected chi connectivity index (χ2v) is 5.30. The van der Waals surface area contributed by atoms with Crippen LogP contribution in [0.2, 0.25) is 0 Å². The van der Waals surface area contributed by atoms with Gasteiger partial charge in [-0.15, -0.1) is 0 Å². The summed E-state index contributed by atoms with van der Waals surface area (Å²) in [6.45, 7) is 7.07. The minimum Gasteiger partial charge on any atom is -0.394 e. The van der Waals surface area contributed by atoms with Crippen molar-refractivity contribution in [3.8, 4) is 0 Å². The molecule has 1 atom stereocenters. The SMILES string of the molecule is CC(C)CNC(C)(CO)Cc1cccc(F)c1. The zero-order valence-electron chi connectivity index (χ0n) is 10.8. The lowest BCUT2D eigenvalue weighted by Gasteiger charge is -2.30. The molecule has 2 nitrogen and oxygen atoms in total. The molecule has 0 radical (unpaired) electrons. The lowest BCUT2D eigenvalue weighted by molar-refractivity contribution is 0.170. The van der Waals surface area contributed by atoms with E-state index in [2.05, 4.69) is 19.2 Å². The van der Waals surface area contributed by atoms with Crippen LogP contribution in [0, 0.1) is 11.7 Å². The Balaban J connectivity index is 2.67. The van der Waals surface area contributed by atoms with Gasteiger partial charge in [0, 0.05) is 5.54 Å². The predicted molar refractivity (Wildman–Crippen MR) is 68.4 cm³/mol. The van der Waals surface area contributed by atoms with Crippen LogP contribution in [0.1, 0.15) is 26.3 Å². The fourth-order valence-corrected chi connectivity index (χ4v) is 1.72. The molecule has 96 valence electrons. The molecule has 0 bridgehead atoms. The summed E-state index contributed by atoms with van der Waals surface area (Å²) < 4.78 is 13.1. The van der Waals surface area contributed by atoms with Crippen LogP contribution in [0.3, 0.4) is 0 Å². The molecule has 17 heavy (non-hydrogen) atoms. The predicted octanol–water partition coefficient (Wildman–Crippen LogP) is 2.36. The molecule has 0 saturated heterocycles. The number of rotatable bonds is 6. The maximum atomic E-state index is 13.1. The molecule has 1 rings (SSSR count). The van der Waals surface area contributed by atoms with Crippen molar-refractivity contribution in [2.45, 2.75) is 32.7 Å². The summed E-state index contributed by atoms with van der Waals surface area (Å²) >= 11 is 0. The van der Waals surface area contributed by atoms with E-state index in [0.717, 1.165) is 12.1 Å². The molecule has 0 aromatic heterocycles. The molecule has 0 fully saturated rings. The van der Waals surface area contributed by atoms with Gasteiger partial charge in [-0.05, 0) is 43.5 Å². The van der Waals surface area contributed by atoms with Crippen molar-refractivity contribution in [3.63, 3.8) is 0 Å². The van der Waals surface area contributed by atoms with Crippen LogP contribution in [-0.2, 0) is 6.42 Å². The van der Waals surface area contributed by atoms with Gasteiger partial charge < -0.3 is 10.4 Å². The first-order valence-corrected chi connectivity index (χ1v) is 6.05. The first-order chi connectivity index (χ1) is 7.95. The van der Waals surface area contributed by atoms with Gasteiger partial charge in [0.2, 0.25) is 0 Å². The lowest BCUT2D eigenvalue weighted by atomic mass is 9.93. The standard InChI is InChI=1S/C14H22FNO/c1-11(2)9-16-14(3,10-17)8-12-5-4-6-13(15)7-12/h4-7,11,16-17H,8-10H2,1-3H3. The molecule has 0 heterocycles. The highest BCUT2D eigenvalue weighted by Gasteiger charge is 2.23. The topological polar surface area (TPSA) is 32.3 Å². The molecule has 1 unspecified atom stereocenters. The number of nitrogens with one attached hydrogen (secondary N) is 1. The summed E-state index contributed by atoms with van der Waals surface area (Å²) in [5.41, 5.74) is 0.510. The Hall–Kier alpha value is -0.930. The average Bonchev–Trinajstić information content (AvgIpc) is 2.26. The van der Waals surface area contributed by atoms with Crippen LogP contribution < -0.4 is 5.32 Å². The van der Waals surface area contributed by atoms with E-state index in [4.69, 9.17) is 0 Å². The second-order valence-electron chi connectivity index (χ2n) is 5.30. The number of aliphatic hydroxyl groups is 1. The first-order valence-electron chi connectivity index (χ1n) is 6.05. The third-order valence-corrected chi connectivity index (χ3v) is 2.77. The van der Waals surface area contributed by atoms with E-state index in [-0.39, 0.29) is 12.4 Å². The van der Waals surface area contributed by atoms with Crippen molar-refractivity contribution < 1.29 is 9.50 Å². The molecule has 1 aromatic rings. The number of hydrogen-bond donors (Lipinski definition) is 2. The monoisotopic (exact) mass is 239 g/mol. The molecule has 1 aromatic carbocycles. The summed E-state index contributed by atoms with van der Waals surface area (Å²) in [5.74, 6) is 0.292. The molecular weight excluding hydrogens is 217 g/mol. The molecule has 0 saturated carbocycles. The van der Waals surface area contributed by atoms with E-state index < -0.39 is 5.54 Å². The smallest absolute Gasteiger partial charge is 0.123 e. The number of halogens is 1. The third-order valence-electron chi connectivity index (χ3n) is 2.77. The van der Waals surface area contributed by atoms with Crippen molar-refractivity contribution in [2.24, 2.45) is 5.92 Å². The maximum Gasteiger partial charge on any atom is 0.123 e. The number of hydrogen-bond acceptors (Lipinski definition) is 2. The van der Waals surface area contributed by atoms with Crippen LogP contribution in [0.5, 0.6) is 0 Å². The van der Waals surface area contributed by atoms with Crippen molar-refractivity contribution >= 4 is 0 Å². The number of benzene rings is 1. The van der Waals surface area contributed by atoms with E-state index in [9.17, 15) is 9.50 Å². The Morgan fingerprint density at radius 3 is 2.65 bits per heavy atom. The number of aliphatic hydroxyl groups excluding tert-OH is 1. The van der Waals surface area contributed by atoms with E-state index in [1.54, 1.807) is 6.07 Å². The van der Waals surface area contributed by atoms with Crippen molar-refractivity contribution in [1.82, 2.24) is 5.32 Å². The van der Waals surface area contributed by atoms with Gasteiger partial charge in [-0.1, -0.05) is 26.0 Å². The molecule has 0 aliphatic rings. The van der Waals surface area contributed by atoms with Gasteiger partial charge in [-0.2, -0.15) is 0 Å². The fourth-order valence-electron chi connectivity index (χ4n) is 1.72. The second kappa shape index (κ2) is 6.12. The zero-order chi connectivity index (χ0) is 12.9. The highest BCUT2D eigenvalue weighted by Crippen LogP contribution is 2.14. The van der Waals surface area contributed by atoms with E-state index in [0.29, 0.717) is 12.3 Å². The van der Waals surface area contributed by atoms with E-state index in [1.807, 2.05) is 13.0 Å². The minimum absolute atomic E-state index is 0.0379. The van der Waals surface area contributed by atoms with Crippen molar-refractivity contribution in [2.75, 3.05) is 13.2 Å². The molecular formula is C14H22FNO. The fraction of sp³-hybridized carbons (Fsp3) is 0.571. The van der Waals surface area contributed by atoms with Crippen LogP contribution in [0.15, 0.2) is 24.3 Å². The lowest BCUT2D eigenvalue weighted by Crippen LogP contribution is -2.49. The molecule has 2 N–H and O–H groups in total. The normalized spacial score (nSPS) is 14.9.